The highest BCUT2D eigenvalue weighted by Crippen LogP contribution is 2.59. The van der Waals surface area contributed by atoms with Crippen molar-refractivity contribution in [2.45, 2.75) is 51.4 Å². The summed E-state index contributed by atoms with van der Waals surface area (Å²) in [5.74, 6) is 0.414. The van der Waals surface area contributed by atoms with Crippen LogP contribution in [0, 0.1) is 17.8 Å². The van der Waals surface area contributed by atoms with Gasteiger partial charge in [0.15, 0.2) is 5.17 Å². The van der Waals surface area contributed by atoms with Crippen molar-refractivity contribution in [3.8, 4) is 0 Å². The SMILES string of the molecule is CS/C(=N\C(=O)OCc1ccccc1)NC(=O)C1C2CC(O[Si](c3ccccc3)(c3ccccc3)C(C)(C)C)CC21. The molecule has 2 saturated carbocycles. The number of thioether (sulfide) groups is 1. The lowest BCUT2D eigenvalue weighted by atomic mass is 10.1. The van der Waals surface area contributed by atoms with Gasteiger partial charge in [0.2, 0.25) is 5.91 Å². The Kier molecular flexibility index (Phi) is 8.82. The average molecular weight is 587 g/mol. The molecule has 0 heterocycles. The zero-order valence-corrected chi connectivity index (χ0v) is 25.9. The number of hydrogen-bond donors (Lipinski definition) is 1. The molecule has 0 saturated heterocycles. The lowest BCUT2D eigenvalue weighted by Gasteiger charge is -2.45. The number of aliphatic imine (C=N–C) groups is 1. The van der Waals surface area contributed by atoms with E-state index in [1.165, 1.54) is 22.1 Å². The summed E-state index contributed by atoms with van der Waals surface area (Å²) in [6.07, 6.45) is 2.89. The number of benzene rings is 3. The second kappa shape index (κ2) is 12.3. The third-order valence-electron chi connectivity index (χ3n) is 8.29. The molecule has 3 aromatic carbocycles. The van der Waals surface area contributed by atoms with E-state index >= 15 is 0 Å². The summed E-state index contributed by atoms with van der Waals surface area (Å²) in [4.78, 5) is 29.4. The van der Waals surface area contributed by atoms with Crippen LogP contribution in [0.15, 0.2) is 96.0 Å². The van der Waals surface area contributed by atoms with E-state index in [9.17, 15) is 9.59 Å². The van der Waals surface area contributed by atoms with E-state index in [1.54, 1.807) is 6.26 Å². The predicted molar refractivity (Wildman–Crippen MR) is 168 cm³/mol. The fraction of sp³-hybridized carbons (Fsp3) is 0.364. The first kappa shape index (κ1) is 29.3. The molecular formula is C33H38N2O4SSi. The molecule has 6 nitrogen and oxygen atoms in total. The minimum atomic E-state index is -2.63. The number of carbonyl (C=O) groups excluding carboxylic acids is 2. The highest BCUT2D eigenvalue weighted by Gasteiger charge is 2.62. The van der Waals surface area contributed by atoms with Gasteiger partial charge in [0, 0.05) is 12.0 Å². The molecule has 2 atom stereocenters. The van der Waals surface area contributed by atoms with Crippen LogP contribution in [0.1, 0.15) is 39.2 Å². The number of amidine groups is 1. The van der Waals surface area contributed by atoms with Gasteiger partial charge in [-0.2, -0.15) is 4.99 Å². The van der Waals surface area contributed by atoms with Crippen molar-refractivity contribution in [1.29, 1.82) is 0 Å². The zero-order chi connectivity index (χ0) is 29.0. The molecule has 1 N–H and O–H groups in total. The molecule has 2 unspecified atom stereocenters. The maximum absolute atomic E-state index is 13.2. The maximum atomic E-state index is 13.2. The van der Waals surface area contributed by atoms with Gasteiger partial charge in [0.1, 0.15) is 6.61 Å². The number of carbonyl (C=O) groups is 2. The minimum absolute atomic E-state index is 0.0761. The summed E-state index contributed by atoms with van der Waals surface area (Å²) in [6, 6.07) is 30.8. The van der Waals surface area contributed by atoms with Crippen molar-refractivity contribution < 1.29 is 18.8 Å². The smallest absolute Gasteiger partial charge is 0.436 e. The number of rotatable bonds is 7. The maximum Gasteiger partial charge on any atom is 0.436 e. The molecule has 8 heteroatoms. The Bertz CT molecular complexity index is 1330. The standard InChI is InChI=1S/C33H38N2O4SSi/c1-33(2,3)41(25-16-10-6-11-17-25,26-18-12-7-13-19-26)39-24-20-27-28(21-24)29(27)30(36)34-31(40-4)35-32(37)38-22-23-14-8-5-9-15-23/h5-19,24,27-29H,20-22H2,1-4H3,(H,34,35,36,37). The van der Waals surface area contributed by atoms with Crippen molar-refractivity contribution in [1.82, 2.24) is 5.32 Å². The van der Waals surface area contributed by atoms with Crippen molar-refractivity contribution in [2.75, 3.05) is 6.26 Å². The molecule has 2 amide bonds. The summed E-state index contributed by atoms with van der Waals surface area (Å²) >= 11 is 1.23. The van der Waals surface area contributed by atoms with Crippen LogP contribution in [0.2, 0.25) is 5.04 Å². The third kappa shape index (κ3) is 6.35. The second-order valence-electron chi connectivity index (χ2n) is 11.9. The molecule has 5 rings (SSSR count). The lowest BCUT2D eigenvalue weighted by Crippen LogP contribution is -2.67. The molecule has 41 heavy (non-hydrogen) atoms. The van der Waals surface area contributed by atoms with Gasteiger partial charge in [0.05, 0.1) is 0 Å². The molecule has 0 aliphatic heterocycles. The summed E-state index contributed by atoms with van der Waals surface area (Å²) in [5, 5.41) is 5.59. The highest BCUT2D eigenvalue weighted by atomic mass is 32.2. The van der Waals surface area contributed by atoms with Crippen molar-refractivity contribution in [3.63, 3.8) is 0 Å². The van der Waals surface area contributed by atoms with Crippen LogP contribution in [0.3, 0.4) is 0 Å². The summed E-state index contributed by atoms with van der Waals surface area (Å²) < 4.78 is 12.6. The number of nitrogens with one attached hydrogen (secondary N) is 1. The van der Waals surface area contributed by atoms with Crippen LogP contribution in [-0.4, -0.2) is 37.8 Å². The Balaban J connectivity index is 1.23. The van der Waals surface area contributed by atoms with Crippen molar-refractivity contribution >= 4 is 47.6 Å². The molecule has 214 valence electrons. The van der Waals surface area contributed by atoms with E-state index in [0.29, 0.717) is 0 Å². The highest BCUT2D eigenvalue weighted by molar-refractivity contribution is 8.13. The van der Waals surface area contributed by atoms with E-state index in [2.05, 4.69) is 91.7 Å². The van der Waals surface area contributed by atoms with Crippen LogP contribution in [0.5, 0.6) is 0 Å². The molecule has 2 fully saturated rings. The van der Waals surface area contributed by atoms with E-state index in [0.717, 1.165) is 18.4 Å². The molecule has 2 aliphatic carbocycles. The average Bonchev–Trinajstić information content (AvgIpc) is 3.49. The largest absolute Gasteiger partial charge is 0.443 e. The topological polar surface area (TPSA) is 77.0 Å². The predicted octanol–water partition coefficient (Wildman–Crippen LogP) is 5.76. The van der Waals surface area contributed by atoms with Crippen LogP contribution in [-0.2, 0) is 20.6 Å². The number of hydrogen-bond acceptors (Lipinski definition) is 5. The second-order valence-corrected chi connectivity index (χ2v) is 16.9. The summed E-state index contributed by atoms with van der Waals surface area (Å²) in [7, 11) is -2.63. The molecular weight excluding hydrogens is 549 g/mol. The molecule has 2 aliphatic rings. The minimum Gasteiger partial charge on any atom is -0.443 e. The first-order chi connectivity index (χ1) is 19.7. The van der Waals surface area contributed by atoms with Crippen LogP contribution in [0.25, 0.3) is 0 Å². The van der Waals surface area contributed by atoms with Gasteiger partial charge in [-0.1, -0.05) is 124 Å². The Morgan fingerprint density at radius 3 is 1.88 bits per heavy atom. The molecule has 0 aromatic heterocycles. The van der Waals surface area contributed by atoms with Crippen molar-refractivity contribution in [2.24, 2.45) is 22.7 Å². The molecule has 0 spiro atoms. The Hall–Kier alpha value is -3.20. The first-order valence-electron chi connectivity index (χ1n) is 14.2. The van der Waals surface area contributed by atoms with Crippen molar-refractivity contribution in [3.05, 3.63) is 96.6 Å². The number of amides is 2. The van der Waals surface area contributed by atoms with E-state index < -0.39 is 14.4 Å². The fourth-order valence-corrected chi connectivity index (χ4v) is 11.4. The molecule has 0 bridgehead atoms. The van der Waals surface area contributed by atoms with E-state index in [-0.39, 0.29) is 46.6 Å². The monoisotopic (exact) mass is 586 g/mol. The number of nitrogens with zero attached hydrogens (tertiary/aromatic N) is 1. The van der Waals surface area contributed by atoms with E-state index in [4.69, 9.17) is 9.16 Å². The van der Waals surface area contributed by atoms with Crippen LogP contribution < -0.4 is 15.7 Å². The first-order valence-corrected chi connectivity index (χ1v) is 17.3. The Morgan fingerprint density at radius 2 is 1.39 bits per heavy atom. The zero-order valence-electron chi connectivity index (χ0n) is 24.1. The quantitative estimate of drug-likeness (QED) is 0.216. The number of ether oxygens (including phenoxy) is 1. The van der Waals surface area contributed by atoms with E-state index in [1.807, 2.05) is 30.3 Å². The number of fused-ring (bicyclic) bond motifs is 1. The van der Waals surface area contributed by atoms with Gasteiger partial charge in [-0.25, -0.2) is 4.79 Å². The molecule has 3 aromatic rings. The van der Waals surface area contributed by atoms with Gasteiger partial charge in [-0.05, 0) is 51.9 Å². The van der Waals surface area contributed by atoms with Gasteiger partial charge < -0.3 is 14.5 Å². The summed E-state index contributed by atoms with van der Waals surface area (Å²) in [6.45, 7) is 7.01. The Labute approximate surface area is 248 Å². The normalized spacial score (nSPS) is 22.1. The van der Waals surface area contributed by atoms with Crippen LogP contribution in [0.4, 0.5) is 4.79 Å². The van der Waals surface area contributed by atoms with Gasteiger partial charge in [-0.15, -0.1) is 0 Å². The van der Waals surface area contributed by atoms with Gasteiger partial charge >= 0.3 is 6.09 Å². The lowest BCUT2D eigenvalue weighted by molar-refractivity contribution is -0.121. The Morgan fingerprint density at radius 1 is 0.878 bits per heavy atom. The van der Waals surface area contributed by atoms with Crippen LogP contribution >= 0.6 is 11.8 Å². The van der Waals surface area contributed by atoms with Gasteiger partial charge in [-0.3, -0.25) is 4.79 Å². The summed E-state index contributed by atoms with van der Waals surface area (Å²) in [5.41, 5.74) is 0.881. The fourth-order valence-electron chi connectivity index (χ4n) is 6.37. The van der Waals surface area contributed by atoms with Gasteiger partial charge in [0.25, 0.3) is 8.32 Å². The third-order valence-corrected chi connectivity index (χ3v) is 14.0. The molecule has 0 radical (unpaired) electrons.